The van der Waals surface area contributed by atoms with Crippen molar-refractivity contribution >= 4 is 63.8 Å². The van der Waals surface area contributed by atoms with E-state index in [0.717, 1.165) is 45.8 Å². The van der Waals surface area contributed by atoms with Gasteiger partial charge in [0.2, 0.25) is 5.91 Å². The smallest absolute Gasteiger partial charge is 0.435 e. The third-order valence-corrected chi connectivity index (χ3v) is 12.5. The maximum atomic E-state index is 14.4. The topological polar surface area (TPSA) is 233 Å². The van der Waals surface area contributed by atoms with E-state index in [4.69, 9.17) is 17.3 Å². The van der Waals surface area contributed by atoms with Crippen LogP contribution in [-0.2, 0) is 27.6 Å². The zero-order valence-electron chi connectivity index (χ0n) is 34.3. The first-order chi connectivity index (χ1) is 30.4. The van der Waals surface area contributed by atoms with Gasteiger partial charge in [0.1, 0.15) is 0 Å². The number of quaternary nitrogens is 1. The lowest BCUT2D eigenvalue weighted by Crippen LogP contribution is -2.62. The number of hydrogen-bond donors (Lipinski definition) is 4. The summed E-state index contributed by atoms with van der Waals surface area (Å²) in [6, 6.07) is 8.35. The summed E-state index contributed by atoms with van der Waals surface area (Å²) in [6.07, 6.45) is -0.290. The van der Waals surface area contributed by atoms with E-state index in [2.05, 4.69) is 25.7 Å². The third kappa shape index (κ3) is 8.67. The number of rotatable bonds is 10. The molecule has 5 aromatic rings. The van der Waals surface area contributed by atoms with Crippen LogP contribution >= 0.6 is 11.6 Å². The summed E-state index contributed by atoms with van der Waals surface area (Å²) in [6.45, 7) is 5.08. The van der Waals surface area contributed by atoms with Crippen molar-refractivity contribution in [3.8, 4) is 17.1 Å². The van der Waals surface area contributed by atoms with E-state index in [1.165, 1.54) is 49.6 Å². The fraction of sp³-hybridized carbons (Fsp3) is 0.390. The van der Waals surface area contributed by atoms with Gasteiger partial charge in [-0.05, 0) is 36.4 Å². The molecular weight excluding hydrogens is 865 g/mol. The fourth-order valence-corrected chi connectivity index (χ4v) is 9.04. The minimum Gasteiger partial charge on any atom is -0.477 e. The van der Waals surface area contributed by atoms with Crippen LogP contribution in [0.15, 0.2) is 55.0 Å². The number of aromatic nitrogens is 6. The maximum Gasteiger partial charge on any atom is 0.435 e. The lowest BCUT2D eigenvalue weighted by atomic mass is 9.90. The molecular formula is C41H43ClF3N12O7+. The molecule has 0 aliphatic carbocycles. The molecule has 0 atom stereocenters. The van der Waals surface area contributed by atoms with Crippen molar-refractivity contribution in [1.82, 2.24) is 44.0 Å². The number of carboxylic acid groups (broad SMARTS) is 1. The highest BCUT2D eigenvalue weighted by molar-refractivity contribution is 6.36. The number of halogens is 4. The molecule has 4 aromatic heterocycles. The number of likely N-dealkylation sites (tertiary alicyclic amines) is 1. The Kier molecular flexibility index (Phi) is 11.8. The van der Waals surface area contributed by atoms with Gasteiger partial charge in [0.25, 0.3) is 11.8 Å². The first-order valence-corrected chi connectivity index (χ1v) is 20.8. The summed E-state index contributed by atoms with van der Waals surface area (Å²) in [4.78, 5) is 87.5. The second kappa shape index (κ2) is 17.1. The van der Waals surface area contributed by atoms with Crippen molar-refractivity contribution in [1.29, 1.82) is 0 Å². The molecule has 0 bridgehead atoms. The number of pyridine rings is 1. The molecule has 0 saturated carbocycles. The van der Waals surface area contributed by atoms with Crippen molar-refractivity contribution < 1.29 is 51.5 Å². The minimum absolute atomic E-state index is 0.0156. The van der Waals surface area contributed by atoms with Crippen LogP contribution in [0.25, 0.3) is 28.1 Å². The van der Waals surface area contributed by atoms with Crippen LogP contribution in [0.5, 0.6) is 0 Å². The number of primary amides is 1. The van der Waals surface area contributed by atoms with E-state index in [0.29, 0.717) is 49.4 Å². The second-order valence-electron chi connectivity index (χ2n) is 16.4. The van der Waals surface area contributed by atoms with Crippen LogP contribution in [0.2, 0.25) is 5.02 Å². The number of nitrogens with one attached hydrogen (secondary N) is 2. The third-order valence-electron chi connectivity index (χ3n) is 12.2. The zero-order chi connectivity index (χ0) is 45.7. The van der Waals surface area contributed by atoms with E-state index < -0.39 is 41.1 Å². The number of anilines is 1. The van der Waals surface area contributed by atoms with Crippen molar-refractivity contribution in [3.05, 3.63) is 77.1 Å². The number of piperazine rings is 1. The van der Waals surface area contributed by atoms with Crippen LogP contribution in [0.4, 0.5) is 18.9 Å². The summed E-state index contributed by atoms with van der Waals surface area (Å²) in [5, 5.41) is 19.2. The Morgan fingerprint density at radius 2 is 1.70 bits per heavy atom. The number of alkyl halides is 3. The number of carbonyl (C=O) groups excluding carboxylic acids is 5. The van der Waals surface area contributed by atoms with Gasteiger partial charge in [0, 0.05) is 89.1 Å². The summed E-state index contributed by atoms with van der Waals surface area (Å²) in [7, 11) is 1.36. The van der Waals surface area contributed by atoms with Crippen molar-refractivity contribution in [2.24, 2.45) is 24.6 Å². The van der Waals surface area contributed by atoms with Gasteiger partial charge < -0.3 is 40.3 Å². The number of amides is 4. The number of fused-ring (bicyclic) bond motifs is 1. The molecule has 0 unspecified atom stereocenters. The van der Waals surface area contributed by atoms with Crippen LogP contribution < -0.4 is 16.4 Å². The maximum absolute atomic E-state index is 14.4. The van der Waals surface area contributed by atoms with Gasteiger partial charge >= 0.3 is 24.0 Å². The van der Waals surface area contributed by atoms with Crippen LogP contribution in [-0.4, -0.2) is 149 Å². The van der Waals surface area contributed by atoms with Crippen molar-refractivity contribution in [2.75, 3.05) is 70.8 Å². The lowest BCUT2D eigenvalue weighted by Gasteiger charge is -2.46. The van der Waals surface area contributed by atoms with E-state index in [1.807, 2.05) is 0 Å². The summed E-state index contributed by atoms with van der Waals surface area (Å²) in [5.41, 5.74) is 4.03. The second-order valence-corrected chi connectivity index (χ2v) is 16.8. The molecule has 3 aliphatic rings. The highest BCUT2D eigenvalue weighted by Gasteiger charge is 2.43. The molecule has 5 N–H and O–H groups in total. The molecule has 3 saturated heterocycles. The van der Waals surface area contributed by atoms with E-state index >= 15 is 0 Å². The van der Waals surface area contributed by atoms with Gasteiger partial charge in [-0.25, -0.2) is 19.4 Å². The molecule has 23 heteroatoms. The summed E-state index contributed by atoms with van der Waals surface area (Å²) < 4.78 is 46.6. The van der Waals surface area contributed by atoms with Gasteiger partial charge in [-0.3, -0.25) is 28.5 Å². The molecule has 1 aromatic carbocycles. The molecule has 4 amide bonds. The Balaban J connectivity index is 0.896. The van der Waals surface area contributed by atoms with Crippen molar-refractivity contribution in [2.45, 2.75) is 19.0 Å². The minimum atomic E-state index is -4.93. The Labute approximate surface area is 367 Å². The highest BCUT2D eigenvalue weighted by atomic mass is 35.5. The first kappa shape index (κ1) is 44.0. The number of carboxylic acids is 1. The Morgan fingerprint density at radius 3 is 2.33 bits per heavy atom. The summed E-state index contributed by atoms with van der Waals surface area (Å²) >= 11 is 6.56. The predicted molar refractivity (Wildman–Crippen MR) is 222 cm³/mol. The average Bonchev–Trinajstić information content (AvgIpc) is 3.98. The molecule has 7 heterocycles. The monoisotopic (exact) mass is 907 g/mol. The number of piperidine rings is 1. The normalized spacial score (nSPS) is 19.4. The van der Waals surface area contributed by atoms with E-state index in [9.17, 15) is 47.0 Å². The SMILES string of the molecule is Cn1c(-c2cn(-c3ccc4c(ccn4C(=O)C(N)=O)n3)nc2C(F)(F)F)cnc1C(=O)Nc1ccc(C(=O)N2CCN(C(=O)C3CC[N+](CC(=O)O)(CC4CNC4)CC3)CC2)c(Cl)c1. The number of benzene rings is 1. The highest BCUT2D eigenvalue weighted by Crippen LogP contribution is 2.37. The van der Waals surface area contributed by atoms with E-state index in [1.54, 1.807) is 9.80 Å². The van der Waals surface area contributed by atoms with Crippen LogP contribution in [0.1, 0.15) is 44.3 Å². The standard InChI is InChI=1S/C41H42ClF3N12O7/c1-52-31(27-20-56(51-34(27)41(43,44)45)32-5-4-30-29(50-32)6-9-55(30)40(64)35(46)60)19-48-36(52)37(61)49-25-2-3-26(28(42)16-25)39(63)54-12-10-53(11-13-54)38(62)24-7-14-57(15-8-24,22-33(58)59)21-23-17-47-18-23/h2-6,9,16,19-20,23-24,47H,7-8,10-15,17-18,21-22H2,1H3,(H3-,46,49,58,59,60,61,63)/p+1. The average molecular weight is 908 g/mol. The number of nitrogens with zero attached hydrogens (tertiary/aromatic N) is 9. The quantitative estimate of drug-likeness (QED) is 0.118. The lowest BCUT2D eigenvalue weighted by molar-refractivity contribution is -0.929. The number of hydrogen-bond acceptors (Lipinski definition) is 10. The van der Waals surface area contributed by atoms with E-state index in [-0.39, 0.29) is 82.0 Å². The van der Waals surface area contributed by atoms with Crippen LogP contribution in [0.3, 0.4) is 0 Å². The van der Waals surface area contributed by atoms with Gasteiger partial charge in [0.15, 0.2) is 23.9 Å². The Hall–Kier alpha value is -6.65. The van der Waals surface area contributed by atoms with Gasteiger partial charge in [-0.15, -0.1) is 0 Å². The molecule has 3 fully saturated rings. The number of imidazole rings is 1. The molecule has 3 aliphatic heterocycles. The summed E-state index contributed by atoms with van der Waals surface area (Å²) in [5.74, 6) is -4.26. The predicted octanol–water partition coefficient (Wildman–Crippen LogP) is 2.49. The number of carbonyl (C=O) groups is 6. The molecule has 336 valence electrons. The molecule has 0 radical (unpaired) electrons. The Morgan fingerprint density at radius 1 is 1.00 bits per heavy atom. The number of aliphatic carboxylic acids is 1. The first-order valence-electron chi connectivity index (χ1n) is 20.4. The van der Waals surface area contributed by atoms with Crippen LogP contribution in [0, 0.1) is 11.8 Å². The molecule has 8 rings (SSSR count). The Bertz CT molecular complexity index is 2690. The van der Waals surface area contributed by atoms with Gasteiger partial charge in [-0.2, -0.15) is 18.3 Å². The molecule has 64 heavy (non-hydrogen) atoms. The number of nitrogens with two attached hydrogens (primary N) is 1. The van der Waals surface area contributed by atoms with Crippen molar-refractivity contribution in [3.63, 3.8) is 0 Å². The molecule has 0 spiro atoms. The molecule has 19 nitrogen and oxygen atoms in total. The fourth-order valence-electron chi connectivity index (χ4n) is 8.78. The van der Waals surface area contributed by atoms with Gasteiger partial charge in [-0.1, -0.05) is 11.6 Å². The zero-order valence-corrected chi connectivity index (χ0v) is 35.1. The van der Waals surface area contributed by atoms with Gasteiger partial charge in [0.05, 0.1) is 58.7 Å². The largest absolute Gasteiger partial charge is 0.477 e.